The van der Waals surface area contributed by atoms with Gasteiger partial charge in [-0.15, -0.1) is 0 Å². The van der Waals surface area contributed by atoms with E-state index in [-0.39, 0.29) is 18.7 Å². The van der Waals surface area contributed by atoms with Gasteiger partial charge < -0.3 is 20.3 Å². The normalized spacial score (nSPS) is 18.6. The van der Waals surface area contributed by atoms with E-state index in [0.717, 1.165) is 5.69 Å². The SMILES string of the molecule is CCOC(=O)C1=C(CN2CCN(C(=O)Nc3ccccc3)CC2)N(C)C(=O)N[C@H]1c1ccccc1Cl. The molecule has 2 aromatic rings. The number of amides is 4. The van der Waals surface area contributed by atoms with Gasteiger partial charge in [0.2, 0.25) is 0 Å². The summed E-state index contributed by atoms with van der Waals surface area (Å²) in [6, 6.07) is 15.2. The Kier molecular flexibility index (Phi) is 8.12. The fraction of sp³-hybridized carbons (Fsp3) is 0.346. The van der Waals surface area contributed by atoms with Crippen molar-refractivity contribution >= 4 is 35.3 Å². The molecule has 190 valence electrons. The van der Waals surface area contributed by atoms with Gasteiger partial charge in [-0.05, 0) is 30.7 Å². The third-order valence-electron chi connectivity index (χ3n) is 6.35. The second kappa shape index (κ2) is 11.5. The molecule has 2 aromatic carbocycles. The summed E-state index contributed by atoms with van der Waals surface area (Å²) in [7, 11) is 1.64. The van der Waals surface area contributed by atoms with Gasteiger partial charge in [0.05, 0.1) is 18.2 Å². The number of likely N-dealkylation sites (N-methyl/N-ethyl adjacent to an activating group) is 1. The third kappa shape index (κ3) is 5.63. The van der Waals surface area contributed by atoms with E-state index < -0.39 is 12.0 Å². The Bertz CT molecular complexity index is 1150. The van der Waals surface area contributed by atoms with Crippen LogP contribution in [0.25, 0.3) is 0 Å². The number of nitrogens with zero attached hydrogens (tertiary/aromatic N) is 3. The molecule has 36 heavy (non-hydrogen) atoms. The van der Waals surface area contributed by atoms with Gasteiger partial charge in [-0.2, -0.15) is 0 Å². The summed E-state index contributed by atoms with van der Waals surface area (Å²) in [6.45, 7) is 4.52. The summed E-state index contributed by atoms with van der Waals surface area (Å²) >= 11 is 6.44. The highest BCUT2D eigenvalue weighted by atomic mass is 35.5. The quantitative estimate of drug-likeness (QED) is 0.577. The van der Waals surface area contributed by atoms with Crippen LogP contribution in [0.1, 0.15) is 18.5 Å². The van der Waals surface area contributed by atoms with Gasteiger partial charge in [-0.1, -0.05) is 48.0 Å². The van der Waals surface area contributed by atoms with Crippen LogP contribution in [0.5, 0.6) is 0 Å². The summed E-state index contributed by atoms with van der Waals surface area (Å²) in [5.74, 6) is -0.495. The zero-order valence-electron chi connectivity index (χ0n) is 20.4. The highest BCUT2D eigenvalue weighted by Gasteiger charge is 2.38. The molecule has 2 N–H and O–H groups in total. The molecule has 2 heterocycles. The number of ether oxygens (including phenoxy) is 1. The van der Waals surface area contributed by atoms with Gasteiger partial charge in [-0.3, -0.25) is 9.80 Å². The van der Waals surface area contributed by atoms with Crippen molar-refractivity contribution in [2.45, 2.75) is 13.0 Å². The molecule has 0 spiro atoms. The van der Waals surface area contributed by atoms with Crippen LogP contribution in [0.2, 0.25) is 5.02 Å². The molecule has 4 rings (SSSR count). The minimum absolute atomic E-state index is 0.153. The number of hydrogen-bond acceptors (Lipinski definition) is 5. The second-order valence-electron chi connectivity index (χ2n) is 8.60. The molecule has 10 heteroatoms. The van der Waals surface area contributed by atoms with E-state index >= 15 is 0 Å². The first-order chi connectivity index (χ1) is 17.4. The Labute approximate surface area is 215 Å². The minimum atomic E-state index is -0.727. The van der Waals surface area contributed by atoms with E-state index in [0.29, 0.717) is 54.6 Å². The maximum Gasteiger partial charge on any atom is 0.338 e. The number of esters is 1. The van der Waals surface area contributed by atoms with Gasteiger partial charge in [0.25, 0.3) is 0 Å². The van der Waals surface area contributed by atoms with Crippen LogP contribution in [-0.2, 0) is 9.53 Å². The lowest BCUT2D eigenvalue weighted by molar-refractivity contribution is -0.139. The van der Waals surface area contributed by atoms with Crippen molar-refractivity contribution in [2.24, 2.45) is 0 Å². The lowest BCUT2D eigenvalue weighted by Gasteiger charge is -2.39. The van der Waals surface area contributed by atoms with E-state index in [1.165, 1.54) is 4.90 Å². The first-order valence-corrected chi connectivity index (χ1v) is 12.3. The van der Waals surface area contributed by atoms with Crippen LogP contribution in [0.4, 0.5) is 15.3 Å². The number of benzene rings is 2. The topological polar surface area (TPSA) is 94.2 Å². The van der Waals surface area contributed by atoms with Crippen LogP contribution in [0.15, 0.2) is 65.9 Å². The molecule has 0 radical (unpaired) electrons. The van der Waals surface area contributed by atoms with E-state index in [1.807, 2.05) is 36.4 Å². The van der Waals surface area contributed by atoms with E-state index in [9.17, 15) is 14.4 Å². The number of urea groups is 2. The average Bonchev–Trinajstić information content (AvgIpc) is 2.88. The highest BCUT2D eigenvalue weighted by molar-refractivity contribution is 6.31. The van der Waals surface area contributed by atoms with Crippen molar-refractivity contribution in [3.63, 3.8) is 0 Å². The van der Waals surface area contributed by atoms with Crippen LogP contribution < -0.4 is 10.6 Å². The molecule has 9 nitrogen and oxygen atoms in total. The largest absolute Gasteiger partial charge is 0.463 e. The fourth-order valence-electron chi connectivity index (χ4n) is 4.39. The van der Waals surface area contributed by atoms with Crippen molar-refractivity contribution in [2.75, 3.05) is 51.7 Å². The molecular formula is C26H30ClN5O4. The van der Waals surface area contributed by atoms with Crippen LogP contribution in [-0.4, -0.2) is 79.1 Å². The second-order valence-corrected chi connectivity index (χ2v) is 9.01. The number of carbonyl (C=O) groups is 3. The number of piperazine rings is 1. The maximum absolute atomic E-state index is 13.1. The van der Waals surface area contributed by atoms with Gasteiger partial charge in [-0.25, -0.2) is 14.4 Å². The third-order valence-corrected chi connectivity index (χ3v) is 6.69. The first kappa shape index (κ1) is 25.5. The fourth-order valence-corrected chi connectivity index (χ4v) is 4.63. The summed E-state index contributed by atoms with van der Waals surface area (Å²) < 4.78 is 5.38. The van der Waals surface area contributed by atoms with Gasteiger partial charge in [0, 0.05) is 56.2 Å². The van der Waals surface area contributed by atoms with Crippen molar-refractivity contribution in [1.82, 2.24) is 20.0 Å². The molecule has 0 unspecified atom stereocenters. The molecule has 1 saturated heterocycles. The van der Waals surface area contributed by atoms with Crippen molar-refractivity contribution in [1.29, 1.82) is 0 Å². The monoisotopic (exact) mass is 511 g/mol. The van der Waals surface area contributed by atoms with Crippen molar-refractivity contribution in [3.8, 4) is 0 Å². The molecule has 1 atom stereocenters. The zero-order valence-corrected chi connectivity index (χ0v) is 21.1. The number of para-hydroxylation sites is 1. The molecule has 4 amide bonds. The Morgan fingerprint density at radius 3 is 2.39 bits per heavy atom. The number of halogens is 1. The predicted molar refractivity (Wildman–Crippen MR) is 138 cm³/mol. The molecule has 2 aliphatic heterocycles. The van der Waals surface area contributed by atoms with E-state index in [2.05, 4.69) is 15.5 Å². The Balaban J connectivity index is 1.53. The van der Waals surface area contributed by atoms with E-state index in [4.69, 9.17) is 16.3 Å². The standard InChI is InChI=1S/C26H30ClN5O4/c1-3-36-24(33)22-21(30(2)25(34)29-23(22)19-11-7-8-12-20(19)27)17-31-13-15-32(16-14-31)26(35)28-18-9-5-4-6-10-18/h4-12,23H,3,13-17H2,1-2H3,(H,28,35)(H,29,34)/t23-/m0/s1. The molecule has 1 fully saturated rings. The number of rotatable bonds is 6. The highest BCUT2D eigenvalue weighted by Crippen LogP contribution is 2.34. The van der Waals surface area contributed by atoms with Gasteiger partial charge in [0.15, 0.2) is 0 Å². The van der Waals surface area contributed by atoms with Crippen LogP contribution in [0.3, 0.4) is 0 Å². The predicted octanol–water partition coefficient (Wildman–Crippen LogP) is 3.70. The maximum atomic E-state index is 13.1. The van der Waals surface area contributed by atoms with Crippen LogP contribution >= 0.6 is 11.6 Å². The lowest BCUT2D eigenvalue weighted by Crippen LogP contribution is -2.53. The Hall–Kier alpha value is -3.56. The number of hydrogen-bond donors (Lipinski definition) is 2. The van der Waals surface area contributed by atoms with Gasteiger partial charge in [0.1, 0.15) is 0 Å². The molecule has 0 aliphatic carbocycles. The Morgan fingerprint density at radius 2 is 1.72 bits per heavy atom. The Morgan fingerprint density at radius 1 is 1.06 bits per heavy atom. The van der Waals surface area contributed by atoms with Gasteiger partial charge >= 0.3 is 18.0 Å². The minimum Gasteiger partial charge on any atom is -0.463 e. The zero-order chi connectivity index (χ0) is 25.7. The molecule has 2 aliphatic rings. The smallest absolute Gasteiger partial charge is 0.338 e. The molecule has 0 bridgehead atoms. The molecule has 0 saturated carbocycles. The molecular weight excluding hydrogens is 482 g/mol. The summed E-state index contributed by atoms with van der Waals surface area (Å²) in [5.41, 5.74) is 2.29. The average molecular weight is 512 g/mol. The van der Waals surface area contributed by atoms with Crippen LogP contribution in [0, 0.1) is 0 Å². The number of nitrogens with one attached hydrogen (secondary N) is 2. The number of carbonyl (C=O) groups excluding carboxylic acids is 3. The summed E-state index contributed by atoms with van der Waals surface area (Å²) in [5, 5.41) is 6.25. The lowest BCUT2D eigenvalue weighted by atomic mass is 9.94. The van der Waals surface area contributed by atoms with Crippen molar-refractivity contribution < 1.29 is 19.1 Å². The van der Waals surface area contributed by atoms with Crippen molar-refractivity contribution in [3.05, 3.63) is 76.5 Å². The summed E-state index contributed by atoms with van der Waals surface area (Å²) in [6.07, 6.45) is 0. The number of anilines is 1. The van der Waals surface area contributed by atoms with E-state index in [1.54, 1.807) is 37.1 Å². The summed E-state index contributed by atoms with van der Waals surface area (Å²) in [4.78, 5) is 44.0. The molecule has 0 aromatic heterocycles. The first-order valence-electron chi connectivity index (χ1n) is 11.9.